The lowest BCUT2D eigenvalue weighted by Gasteiger charge is -2.05. The van der Waals surface area contributed by atoms with E-state index in [4.69, 9.17) is 9.52 Å². The second-order valence-electron chi connectivity index (χ2n) is 4.76. The third-order valence-electron chi connectivity index (χ3n) is 2.70. The minimum atomic E-state index is -1.04. The van der Waals surface area contributed by atoms with E-state index in [9.17, 15) is 4.79 Å². The van der Waals surface area contributed by atoms with Crippen LogP contribution in [-0.4, -0.2) is 11.1 Å². The van der Waals surface area contributed by atoms with Gasteiger partial charge in [-0.25, -0.2) is 4.79 Å². The van der Waals surface area contributed by atoms with Gasteiger partial charge in [0.2, 0.25) is 5.76 Å². The van der Waals surface area contributed by atoms with Crippen LogP contribution in [0.2, 0.25) is 0 Å². The zero-order valence-corrected chi connectivity index (χ0v) is 10.5. The monoisotopic (exact) mass is 244 g/mol. The van der Waals surface area contributed by atoms with Gasteiger partial charge in [0.25, 0.3) is 0 Å². The number of carbonyl (C=O) groups is 1. The molecule has 2 aromatic rings. The normalized spacial score (nSPS) is 10.8. The largest absolute Gasteiger partial charge is 0.475 e. The Kier molecular flexibility index (Phi) is 3.51. The van der Waals surface area contributed by atoms with Crippen molar-refractivity contribution >= 4 is 5.97 Å². The molecule has 0 aliphatic rings. The summed E-state index contributed by atoms with van der Waals surface area (Å²) in [6.45, 7) is 4.36. The van der Waals surface area contributed by atoms with E-state index in [1.807, 2.05) is 12.1 Å². The average Bonchev–Trinajstić information content (AvgIpc) is 2.78. The molecule has 1 aromatic carbocycles. The number of rotatable bonds is 4. The van der Waals surface area contributed by atoms with Gasteiger partial charge in [-0.15, -0.1) is 0 Å². The molecule has 0 atom stereocenters. The molecule has 1 heterocycles. The lowest BCUT2D eigenvalue weighted by atomic mass is 10.0. The molecule has 1 N–H and O–H groups in total. The smallest absolute Gasteiger partial charge is 0.371 e. The molecule has 1 aromatic heterocycles. The topological polar surface area (TPSA) is 50.4 Å². The maximum atomic E-state index is 10.7. The Morgan fingerprint density at radius 2 is 1.83 bits per heavy atom. The van der Waals surface area contributed by atoms with Crippen molar-refractivity contribution in [2.24, 2.45) is 5.92 Å². The van der Waals surface area contributed by atoms with Crippen molar-refractivity contribution in [2.75, 3.05) is 0 Å². The van der Waals surface area contributed by atoms with Crippen molar-refractivity contribution in [2.45, 2.75) is 20.3 Å². The zero-order valence-electron chi connectivity index (χ0n) is 10.5. The van der Waals surface area contributed by atoms with Gasteiger partial charge in [0.1, 0.15) is 5.76 Å². The molecule has 0 unspecified atom stereocenters. The number of benzene rings is 1. The predicted molar refractivity (Wildman–Crippen MR) is 69.6 cm³/mol. The van der Waals surface area contributed by atoms with Gasteiger partial charge in [0.05, 0.1) is 0 Å². The molecule has 94 valence electrons. The van der Waals surface area contributed by atoms with E-state index in [2.05, 4.69) is 26.0 Å². The third kappa shape index (κ3) is 2.80. The molecule has 0 fully saturated rings. The van der Waals surface area contributed by atoms with E-state index >= 15 is 0 Å². The summed E-state index contributed by atoms with van der Waals surface area (Å²) in [5, 5.41) is 8.79. The quantitative estimate of drug-likeness (QED) is 0.888. The molecule has 0 amide bonds. The standard InChI is InChI=1S/C15H16O3/c1-10(2)9-11-3-5-12(6-4-11)13-7-8-14(18-13)15(16)17/h3-8,10H,9H2,1-2H3,(H,16,17). The first-order valence-electron chi connectivity index (χ1n) is 5.98. The van der Waals surface area contributed by atoms with Crippen molar-refractivity contribution in [1.82, 2.24) is 0 Å². The molecule has 0 aliphatic heterocycles. The molecule has 0 saturated carbocycles. The Balaban J connectivity index is 2.20. The summed E-state index contributed by atoms with van der Waals surface area (Å²) in [5.41, 5.74) is 2.17. The van der Waals surface area contributed by atoms with E-state index in [0.29, 0.717) is 11.7 Å². The maximum absolute atomic E-state index is 10.7. The first kappa shape index (κ1) is 12.4. The molecule has 0 saturated heterocycles. The Labute approximate surface area is 106 Å². The van der Waals surface area contributed by atoms with Gasteiger partial charge in [-0.1, -0.05) is 38.1 Å². The molecular formula is C15H16O3. The van der Waals surface area contributed by atoms with Gasteiger partial charge in [0.15, 0.2) is 0 Å². The second-order valence-corrected chi connectivity index (χ2v) is 4.76. The maximum Gasteiger partial charge on any atom is 0.371 e. The number of hydrogen-bond acceptors (Lipinski definition) is 2. The predicted octanol–water partition coefficient (Wildman–Crippen LogP) is 3.84. The Morgan fingerprint density at radius 3 is 2.33 bits per heavy atom. The van der Waals surface area contributed by atoms with Crippen LogP contribution in [-0.2, 0) is 6.42 Å². The van der Waals surface area contributed by atoms with Crippen LogP contribution in [0.25, 0.3) is 11.3 Å². The minimum absolute atomic E-state index is 0.0312. The molecule has 2 rings (SSSR count). The van der Waals surface area contributed by atoms with Crippen molar-refractivity contribution in [3.05, 3.63) is 47.7 Å². The molecule has 3 heteroatoms. The van der Waals surface area contributed by atoms with Crippen LogP contribution >= 0.6 is 0 Å². The minimum Gasteiger partial charge on any atom is -0.475 e. The molecule has 0 radical (unpaired) electrons. The van der Waals surface area contributed by atoms with Gasteiger partial charge in [-0.2, -0.15) is 0 Å². The van der Waals surface area contributed by atoms with E-state index in [1.165, 1.54) is 11.6 Å². The van der Waals surface area contributed by atoms with Gasteiger partial charge in [0, 0.05) is 5.56 Å². The lowest BCUT2D eigenvalue weighted by Crippen LogP contribution is -1.93. The Hall–Kier alpha value is -2.03. The summed E-state index contributed by atoms with van der Waals surface area (Å²) in [6.07, 6.45) is 1.04. The molecule has 0 spiro atoms. The van der Waals surface area contributed by atoms with Crippen molar-refractivity contribution in [3.8, 4) is 11.3 Å². The average molecular weight is 244 g/mol. The van der Waals surface area contributed by atoms with Crippen molar-refractivity contribution < 1.29 is 14.3 Å². The molecule has 3 nitrogen and oxygen atoms in total. The van der Waals surface area contributed by atoms with Crippen molar-refractivity contribution in [1.29, 1.82) is 0 Å². The molecule has 0 aliphatic carbocycles. The van der Waals surface area contributed by atoms with E-state index in [0.717, 1.165) is 12.0 Å². The number of carboxylic acid groups (broad SMARTS) is 1. The van der Waals surface area contributed by atoms with Crippen LogP contribution in [0, 0.1) is 5.92 Å². The second kappa shape index (κ2) is 5.08. The fourth-order valence-electron chi connectivity index (χ4n) is 1.88. The van der Waals surface area contributed by atoms with Crippen LogP contribution in [0.4, 0.5) is 0 Å². The highest BCUT2D eigenvalue weighted by atomic mass is 16.4. The third-order valence-corrected chi connectivity index (χ3v) is 2.70. The van der Waals surface area contributed by atoms with Gasteiger partial charge in [-0.3, -0.25) is 0 Å². The summed E-state index contributed by atoms with van der Waals surface area (Å²) in [4.78, 5) is 10.7. The Bertz CT molecular complexity index is 535. The van der Waals surface area contributed by atoms with Gasteiger partial charge in [-0.05, 0) is 30.0 Å². The van der Waals surface area contributed by atoms with Crippen LogP contribution < -0.4 is 0 Å². The summed E-state index contributed by atoms with van der Waals surface area (Å²) in [5.74, 6) is 0.135. The number of carboxylic acids is 1. The van der Waals surface area contributed by atoms with Crippen LogP contribution in [0.5, 0.6) is 0 Å². The number of aromatic carboxylic acids is 1. The first-order valence-corrected chi connectivity index (χ1v) is 5.98. The number of furan rings is 1. The van der Waals surface area contributed by atoms with Crippen LogP contribution in [0.1, 0.15) is 30.0 Å². The fraction of sp³-hybridized carbons (Fsp3) is 0.267. The first-order chi connectivity index (χ1) is 8.56. The SMILES string of the molecule is CC(C)Cc1ccc(-c2ccc(C(=O)O)o2)cc1. The Morgan fingerprint density at radius 1 is 1.17 bits per heavy atom. The van der Waals surface area contributed by atoms with E-state index in [1.54, 1.807) is 6.07 Å². The summed E-state index contributed by atoms with van der Waals surface area (Å²) in [6, 6.07) is 11.2. The lowest BCUT2D eigenvalue weighted by molar-refractivity contribution is 0.0663. The van der Waals surface area contributed by atoms with Gasteiger partial charge >= 0.3 is 5.97 Å². The fourth-order valence-corrected chi connectivity index (χ4v) is 1.88. The van der Waals surface area contributed by atoms with E-state index in [-0.39, 0.29) is 5.76 Å². The van der Waals surface area contributed by atoms with Gasteiger partial charge < -0.3 is 9.52 Å². The molecular weight excluding hydrogens is 228 g/mol. The molecule has 0 bridgehead atoms. The highest BCUT2D eigenvalue weighted by Gasteiger charge is 2.10. The van der Waals surface area contributed by atoms with Crippen LogP contribution in [0.15, 0.2) is 40.8 Å². The van der Waals surface area contributed by atoms with Crippen molar-refractivity contribution in [3.63, 3.8) is 0 Å². The summed E-state index contributed by atoms with van der Waals surface area (Å²) >= 11 is 0. The zero-order chi connectivity index (χ0) is 13.1. The van der Waals surface area contributed by atoms with Crippen LogP contribution in [0.3, 0.4) is 0 Å². The summed E-state index contributed by atoms with van der Waals surface area (Å²) in [7, 11) is 0. The highest BCUT2D eigenvalue weighted by molar-refractivity contribution is 5.85. The molecule has 18 heavy (non-hydrogen) atoms. The van der Waals surface area contributed by atoms with E-state index < -0.39 is 5.97 Å². The number of hydrogen-bond donors (Lipinski definition) is 1. The highest BCUT2D eigenvalue weighted by Crippen LogP contribution is 2.23. The summed E-state index contributed by atoms with van der Waals surface area (Å²) < 4.78 is 5.25.